The van der Waals surface area contributed by atoms with E-state index >= 15 is 0 Å². The van der Waals surface area contributed by atoms with E-state index in [2.05, 4.69) is 0 Å². The molecule has 4 rings (SSSR count). The van der Waals surface area contributed by atoms with E-state index in [1.165, 1.54) is 77.0 Å². The van der Waals surface area contributed by atoms with Crippen molar-refractivity contribution in [1.29, 1.82) is 0 Å². The highest BCUT2D eigenvalue weighted by Gasteiger charge is 2.28. The highest BCUT2D eigenvalue weighted by atomic mass is 16.5. The van der Waals surface area contributed by atoms with Crippen LogP contribution in [0.1, 0.15) is 89.9 Å². The molecule has 2 heterocycles. The lowest BCUT2D eigenvalue weighted by Gasteiger charge is -2.35. The second-order valence-corrected chi connectivity index (χ2v) is 7.95. The number of hydrogen-bond acceptors (Lipinski definition) is 2. The Bertz CT molecular complexity index is 296. The zero-order valence-electron chi connectivity index (χ0n) is 13.6. The minimum Gasteiger partial charge on any atom is -0.393 e. The minimum absolute atomic E-state index is 0.0484. The third kappa shape index (κ3) is 4.96. The van der Waals surface area contributed by atoms with Gasteiger partial charge < -0.3 is 9.84 Å². The van der Waals surface area contributed by atoms with Crippen LogP contribution in [0.25, 0.3) is 0 Å². The molecule has 0 aromatic rings. The average molecular weight is 294 g/mol. The third-order valence-corrected chi connectivity index (χ3v) is 6.22. The summed E-state index contributed by atoms with van der Waals surface area (Å²) in [6, 6.07) is 0. The standard InChI is InChI=1S/C19H34O2/c20-17-6-2-1-4-15-9-12-18(13-10-15)21-19-7-3-5-16(14-19)8-11-17/h15-20H,1-14H2/t15?,16?,17-,18?,19?/m1/s1. The van der Waals surface area contributed by atoms with E-state index in [4.69, 9.17) is 4.74 Å². The number of hydrogen-bond donors (Lipinski definition) is 1. The second kappa shape index (κ2) is 7.97. The number of aliphatic hydroxyl groups excluding tert-OH is 1. The lowest BCUT2D eigenvalue weighted by atomic mass is 9.83. The van der Waals surface area contributed by atoms with Crippen LogP contribution in [-0.4, -0.2) is 23.4 Å². The minimum atomic E-state index is -0.0484. The molecule has 21 heavy (non-hydrogen) atoms. The molecule has 4 fully saturated rings. The average Bonchev–Trinajstić information content (AvgIpc) is 2.51. The van der Waals surface area contributed by atoms with Gasteiger partial charge in [0, 0.05) is 0 Å². The van der Waals surface area contributed by atoms with E-state index < -0.39 is 0 Å². The number of fused-ring (bicyclic) bond motifs is 8. The summed E-state index contributed by atoms with van der Waals surface area (Å²) < 4.78 is 6.45. The molecule has 4 bridgehead atoms. The first-order chi connectivity index (χ1) is 10.3. The van der Waals surface area contributed by atoms with Crippen molar-refractivity contribution >= 4 is 0 Å². The second-order valence-electron chi connectivity index (χ2n) is 7.95. The Morgan fingerprint density at radius 3 is 2.14 bits per heavy atom. The molecule has 2 saturated heterocycles. The largest absolute Gasteiger partial charge is 0.393 e. The fraction of sp³-hybridized carbons (Fsp3) is 1.00. The Balaban J connectivity index is 1.57. The first kappa shape index (κ1) is 15.8. The van der Waals surface area contributed by atoms with Crippen molar-refractivity contribution in [3.05, 3.63) is 0 Å². The summed E-state index contributed by atoms with van der Waals surface area (Å²) in [5.41, 5.74) is 0. The van der Waals surface area contributed by atoms with Gasteiger partial charge in [-0.1, -0.05) is 32.1 Å². The summed E-state index contributed by atoms with van der Waals surface area (Å²) >= 11 is 0. The Morgan fingerprint density at radius 1 is 0.571 bits per heavy atom. The van der Waals surface area contributed by atoms with Gasteiger partial charge >= 0.3 is 0 Å². The lowest BCUT2D eigenvalue weighted by Crippen LogP contribution is -2.30. The summed E-state index contributed by atoms with van der Waals surface area (Å²) in [6.45, 7) is 0. The first-order valence-corrected chi connectivity index (χ1v) is 9.63. The smallest absolute Gasteiger partial charge is 0.0581 e. The van der Waals surface area contributed by atoms with Crippen molar-refractivity contribution in [3.63, 3.8) is 0 Å². The predicted molar refractivity (Wildman–Crippen MR) is 86.3 cm³/mol. The van der Waals surface area contributed by atoms with E-state index in [0.29, 0.717) is 12.2 Å². The molecule has 0 aromatic heterocycles. The highest BCUT2D eigenvalue weighted by molar-refractivity contribution is 4.79. The molecule has 0 spiro atoms. The van der Waals surface area contributed by atoms with Gasteiger partial charge in [-0.25, -0.2) is 0 Å². The van der Waals surface area contributed by atoms with Crippen LogP contribution in [0.2, 0.25) is 0 Å². The highest BCUT2D eigenvalue weighted by Crippen LogP contribution is 2.35. The van der Waals surface area contributed by atoms with Gasteiger partial charge in [0.1, 0.15) is 0 Å². The number of aliphatic hydroxyl groups is 1. The SMILES string of the molecule is O[C@@H]1CCCCC2CCC(CC2)OC2CCCC(CC1)C2. The maximum Gasteiger partial charge on any atom is 0.0581 e. The molecule has 122 valence electrons. The van der Waals surface area contributed by atoms with Gasteiger partial charge in [-0.3, -0.25) is 0 Å². The fourth-order valence-electron chi connectivity index (χ4n) is 4.84. The van der Waals surface area contributed by atoms with Crippen LogP contribution in [0.4, 0.5) is 0 Å². The first-order valence-electron chi connectivity index (χ1n) is 9.63. The van der Waals surface area contributed by atoms with Crippen LogP contribution in [0.15, 0.2) is 0 Å². The molecule has 2 aliphatic heterocycles. The van der Waals surface area contributed by atoms with Gasteiger partial charge in [0.2, 0.25) is 0 Å². The van der Waals surface area contributed by atoms with Gasteiger partial charge in [0.05, 0.1) is 18.3 Å². The normalized spacial score (nSPS) is 43.0. The van der Waals surface area contributed by atoms with E-state index in [9.17, 15) is 5.11 Å². The van der Waals surface area contributed by atoms with Gasteiger partial charge in [0.15, 0.2) is 0 Å². The van der Waals surface area contributed by atoms with Crippen LogP contribution >= 0.6 is 0 Å². The summed E-state index contributed by atoms with van der Waals surface area (Å²) in [5, 5.41) is 10.2. The fourth-order valence-corrected chi connectivity index (χ4v) is 4.84. The third-order valence-electron chi connectivity index (χ3n) is 6.22. The summed E-state index contributed by atoms with van der Waals surface area (Å²) in [6.07, 6.45) is 18.8. The Morgan fingerprint density at radius 2 is 1.29 bits per heavy atom. The molecule has 0 amide bonds. The Hall–Kier alpha value is -0.0800. The molecule has 0 aromatic carbocycles. The molecule has 2 heteroatoms. The molecular formula is C19H34O2. The quantitative estimate of drug-likeness (QED) is 0.693. The van der Waals surface area contributed by atoms with Crippen molar-refractivity contribution < 1.29 is 9.84 Å². The summed E-state index contributed by atoms with van der Waals surface area (Å²) in [5.74, 6) is 1.74. The maximum atomic E-state index is 10.2. The van der Waals surface area contributed by atoms with Crippen LogP contribution in [0.3, 0.4) is 0 Å². The zero-order chi connectivity index (χ0) is 14.5. The molecule has 3 atom stereocenters. The number of rotatable bonds is 0. The van der Waals surface area contributed by atoms with Crippen LogP contribution in [-0.2, 0) is 4.74 Å². The Kier molecular flexibility index (Phi) is 5.99. The molecule has 4 aliphatic rings. The van der Waals surface area contributed by atoms with Crippen LogP contribution < -0.4 is 0 Å². The van der Waals surface area contributed by atoms with Crippen molar-refractivity contribution in [1.82, 2.24) is 0 Å². The van der Waals surface area contributed by atoms with E-state index in [1.54, 1.807) is 0 Å². The van der Waals surface area contributed by atoms with Crippen molar-refractivity contribution in [2.75, 3.05) is 0 Å². The Labute approximate surface area is 130 Å². The molecule has 2 aliphatic carbocycles. The predicted octanol–water partition coefficient (Wildman–Crippen LogP) is 4.84. The molecule has 2 nitrogen and oxygen atoms in total. The van der Waals surface area contributed by atoms with Gasteiger partial charge in [0.25, 0.3) is 0 Å². The van der Waals surface area contributed by atoms with Gasteiger partial charge in [-0.15, -0.1) is 0 Å². The van der Waals surface area contributed by atoms with Crippen LogP contribution in [0.5, 0.6) is 0 Å². The topological polar surface area (TPSA) is 29.5 Å². The van der Waals surface area contributed by atoms with Crippen molar-refractivity contribution in [2.24, 2.45) is 11.8 Å². The maximum absolute atomic E-state index is 10.2. The summed E-state index contributed by atoms with van der Waals surface area (Å²) in [4.78, 5) is 0. The van der Waals surface area contributed by atoms with Crippen molar-refractivity contribution in [2.45, 2.75) is 108 Å². The van der Waals surface area contributed by atoms with E-state index in [0.717, 1.165) is 24.7 Å². The van der Waals surface area contributed by atoms with Crippen molar-refractivity contribution in [3.8, 4) is 0 Å². The molecule has 1 N–H and O–H groups in total. The molecule has 2 unspecified atom stereocenters. The monoisotopic (exact) mass is 294 g/mol. The van der Waals surface area contributed by atoms with E-state index in [1.807, 2.05) is 0 Å². The van der Waals surface area contributed by atoms with Crippen LogP contribution in [0, 0.1) is 11.8 Å². The molecular weight excluding hydrogens is 260 g/mol. The van der Waals surface area contributed by atoms with E-state index in [-0.39, 0.29) is 6.10 Å². The molecule has 0 radical (unpaired) electrons. The summed E-state index contributed by atoms with van der Waals surface area (Å²) in [7, 11) is 0. The van der Waals surface area contributed by atoms with Gasteiger partial charge in [-0.2, -0.15) is 0 Å². The van der Waals surface area contributed by atoms with Gasteiger partial charge in [-0.05, 0) is 69.6 Å². The lowest BCUT2D eigenvalue weighted by molar-refractivity contribution is -0.0610. The molecule has 2 saturated carbocycles. The zero-order valence-corrected chi connectivity index (χ0v) is 13.6. The number of ether oxygens (including phenoxy) is 1.